The van der Waals surface area contributed by atoms with Gasteiger partial charge in [0.25, 0.3) is 0 Å². The zero-order valence-corrected chi connectivity index (χ0v) is 25.1. The number of aliphatic hydroxyl groups excluding tert-OH is 1. The third kappa shape index (κ3) is 6.02. The number of carbonyl (C=O) groups is 1. The van der Waals surface area contributed by atoms with E-state index < -0.39 is 0 Å². The van der Waals surface area contributed by atoms with E-state index in [1.807, 2.05) is 32.1 Å². The predicted molar refractivity (Wildman–Crippen MR) is 164 cm³/mol. The van der Waals surface area contributed by atoms with Gasteiger partial charge < -0.3 is 39.7 Å². The van der Waals surface area contributed by atoms with Crippen LogP contribution in [0.5, 0.6) is 5.75 Å². The molecule has 5 rings (SSSR count). The summed E-state index contributed by atoms with van der Waals surface area (Å²) in [7, 11) is 3.91. The summed E-state index contributed by atoms with van der Waals surface area (Å²) < 4.78 is 5.86. The van der Waals surface area contributed by atoms with Gasteiger partial charge in [0.2, 0.25) is 11.9 Å². The molecule has 3 aliphatic rings. The molecule has 41 heavy (non-hydrogen) atoms. The monoisotopic (exact) mass is 584 g/mol. The van der Waals surface area contributed by atoms with Crippen molar-refractivity contribution in [2.45, 2.75) is 38.8 Å². The first-order chi connectivity index (χ1) is 19.8. The van der Waals surface area contributed by atoms with E-state index in [0.717, 1.165) is 57.2 Å². The Labute approximate surface area is 247 Å². The molecule has 0 aliphatic carbocycles. The Morgan fingerprint density at radius 1 is 1.20 bits per heavy atom. The van der Waals surface area contributed by atoms with Crippen LogP contribution in [0.4, 0.5) is 28.8 Å². The first kappa shape index (κ1) is 29.2. The summed E-state index contributed by atoms with van der Waals surface area (Å²) in [6, 6.07) is 3.75. The number of benzene rings is 1. The number of rotatable bonds is 9. The molecule has 2 saturated heterocycles. The van der Waals surface area contributed by atoms with Crippen molar-refractivity contribution < 1.29 is 14.6 Å². The maximum absolute atomic E-state index is 13.4. The van der Waals surface area contributed by atoms with Crippen LogP contribution in [0.15, 0.2) is 30.6 Å². The van der Waals surface area contributed by atoms with Gasteiger partial charge in [-0.05, 0) is 45.1 Å². The minimum Gasteiger partial charge on any atom is -0.487 e. The zero-order chi connectivity index (χ0) is 29.1. The fourth-order valence-electron chi connectivity index (χ4n) is 5.94. The summed E-state index contributed by atoms with van der Waals surface area (Å²) in [4.78, 5) is 33.7. The lowest BCUT2D eigenvalue weighted by atomic mass is 10.0. The van der Waals surface area contributed by atoms with Crippen molar-refractivity contribution in [3.63, 3.8) is 0 Å². The summed E-state index contributed by atoms with van der Waals surface area (Å²) in [5, 5.41) is 13.2. The van der Waals surface area contributed by atoms with Crippen molar-refractivity contribution in [2.75, 3.05) is 86.6 Å². The maximum atomic E-state index is 13.4. The standard InChI is InChI=1S/C29H41ClN8O3/c1-5-8-36-9-7-20(19-36)38-24(6-2)28(40)35(4)25-18-31-29(33-27(25)38)32-23-17-21(37-12-10-34(3)11-13-37)16-22(30)26(23)41-15-14-39/h5,8,16-18,20,24,39H,6-7,9-15,19H2,1-4H3,(H,31,32,33)/t20?,24-/m1/s1. The number of likely N-dealkylation sites (tertiary alicyclic amines) is 1. The average Bonchev–Trinajstić information content (AvgIpc) is 3.43. The van der Waals surface area contributed by atoms with E-state index in [1.54, 1.807) is 18.1 Å². The highest BCUT2D eigenvalue weighted by atomic mass is 35.5. The van der Waals surface area contributed by atoms with E-state index in [2.05, 4.69) is 43.1 Å². The molecule has 2 aromatic rings. The Balaban J connectivity index is 1.51. The van der Waals surface area contributed by atoms with Gasteiger partial charge in [-0.3, -0.25) is 4.79 Å². The van der Waals surface area contributed by atoms with Crippen LogP contribution in [0.1, 0.15) is 26.7 Å². The number of likely N-dealkylation sites (N-methyl/N-ethyl adjacent to an activating group) is 2. The molecule has 1 amide bonds. The minimum atomic E-state index is -0.302. The molecule has 0 bridgehead atoms. The van der Waals surface area contributed by atoms with Crippen LogP contribution in [-0.4, -0.2) is 109 Å². The zero-order valence-electron chi connectivity index (χ0n) is 24.4. The van der Waals surface area contributed by atoms with Crippen molar-refractivity contribution in [2.24, 2.45) is 0 Å². The number of ether oxygens (including phenoxy) is 1. The smallest absolute Gasteiger partial charge is 0.249 e. The van der Waals surface area contributed by atoms with Crippen molar-refractivity contribution in [3.8, 4) is 5.75 Å². The van der Waals surface area contributed by atoms with Crippen LogP contribution in [0, 0.1) is 0 Å². The number of halogens is 1. The number of amides is 1. The van der Waals surface area contributed by atoms with Crippen LogP contribution in [0.25, 0.3) is 0 Å². The number of allylic oxidation sites excluding steroid dienone is 1. The Hall–Kier alpha value is -3.28. The highest BCUT2D eigenvalue weighted by Gasteiger charge is 2.42. The Morgan fingerprint density at radius 3 is 2.68 bits per heavy atom. The summed E-state index contributed by atoms with van der Waals surface area (Å²) in [6.45, 7) is 9.49. The van der Waals surface area contributed by atoms with Crippen LogP contribution in [0.3, 0.4) is 0 Å². The lowest BCUT2D eigenvalue weighted by Crippen LogP contribution is -2.56. The first-order valence-corrected chi connectivity index (χ1v) is 14.8. The highest BCUT2D eigenvalue weighted by molar-refractivity contribution is 6.33. The molecule has 12 heteroatoms. The first-order valence-electron chi connectivity index (χ1n) is 14.4. The minimum absolute atomic E-state index is 0.0557. The van der Waals surface area contributed by atoms with Gasteiger partial charge in [-0.15, -0.1) is 0 Å². The van der Waals surface area contributed by atoms with Crippen LogP contribution >= 0.6 is 11.6 Å². The summed E-state index contributed by atoms with van der Waals surface area (Å²) >= 11 is 6.73. The fourth-order valence-corrected chi connectivity index (χ4v) is 6.20. The second-order valence-electron chi connectivity index (χ2n) is 10.8. The number of hydrogen-bond acceptors (Lipinski definition) is 10. The topological polar surface area (TPSA) is 101 Å². The molecule has 3 aliphatic heterocycles. The van der Waals surface area contributed by atoms with Gasteiger partial charge in [0.05, 0.1) is 29.6 Å². The summed E-state index contributed by atoms with van der Waals surface area (Å²) in [6.07, 6.45) is 7.48. The SMILES string of the molecule is CC=CN1CCC(N2c3nc(Nc4cc(N5CCN(C)CC5)cc(Cl)c4OCCO)ncc3N(C)C(=O)[C@H]2CC)C1. The number of anilines is 5. The molecule has 4 heterocycles. The van der Waals surface area contributed by atoms with Gasteiger partial charge in [-0.2, -0.15) is 4.98 Å². The average molecular weight is 585 g/mol. The number of nitrogens with one attached hydrogen (secondary N) is 1. The van der Waals surface area contributed by atoms with Crippen LogP contribution in [-0.2, 0) is 4.79 Å². The number of aliphatic hydroxyl groups is 1. The van der Waals surface area contributed by atoms with E-state index in [4.69, 9.17) is 21.3 Å². The molecule has 2 atom stereocenters. The van der Waals surface area contributed by atoms with E-state index in [-0.39, 0.29) is 31.2 Å². The molecule has 1 aromatic carbocycles. The second kappa shape index (κ2) is 12.7. The van der Waals surface area contributed by atoms with Crippen molar-refractivity contribution >= 4 is 46.3 Å². The Kier molecular flexibility index (Phi) is 9.06. The summed E-state index contributed by atoms with van der Waals surface area (Å²) in [5.41, 5.74) is 2.29. The van der Waals surface area contributed by atoms with Crippen molar-refractivity contribution in [1.29, 1.82) is 0 Å². The molecule has 1 aromatic heterocycles. The molecular formula is C29H41ClN8O3. The molecule has 222 valence electrons. The van der Waals surface area contributed by atoms with E-state index in [1.165, 1.54) is 0 Å². The number of aromatic nitrogens is 2. The fraction of sp³-hybridized carbons (Fsp3) is 0.552. The van der Waals surface area contributed by atoms with Gasteiger partial charge in [0.1, 0.15) is 18.3 Å². The van der Waals surface area contributed by atoms with Crippen LogP contribution < -0.4 is 24.8 Å². The lowest BCUT2D eigenvalue weighted by molar-refractivity contribution is -0.120. The largest absolute Gasteiger partial charge is 0.487 e. The molecule has 0 radical (unpaired) electrons. The van der Waals surface area contributed by atoms with E-state index >= 15 is 0 Å². The molecule has 11 nitrogen and oxygen atoms in total. The van der Waals surface area contributed by atoms with E-state index in [0.29, 0.717) is 34.5 Å². The van der Waals surface area contributed by atoms with Gasteiger partial charge in [-0.25, -0.2) is 4.98 Å². The van der Waals surface area contributed by atoms with Crippen LogP contribution in [0.2, 0.25) is 5.02 Å². The molecule has 2 fully saturated rings. The van der Waals surface area contributed by atoms with Gasteiger partial charge in [0, 0.05) is 52.0 Å². The van der Waals surface area contributed by atoms with Gasteiger partial charge in [0.15, 0.2) is 11.6 Å². The lowest BCUT2D eigenvalue weighted by Gasteiger charge is -2.43. The summed E-state index contributed by atoms with van der Waals surface area (Å²) in [5.74, 6) is 1.62. The number of carbonyl (C=O) groups excluding carboxylic acids is 1. The quantitative estimate of drug-likeness (QED) is 0.457. The van der Waals surface area contributed by atoms with E-state index in [9.17, 15) is 9.90 Å². The Bertz CT molecular complexity index is 1270. The molecule has 0 spiro atoms. The Morgan fingerprint density at radius 2 is 1.98 bits per heavy atom. The molecular weight excluding hydrogens is 544 g/mol. The molecule has 2 N–H and O–H groups in total. The number of fused-ring (bicyclic) bond motifs is 1. The number of hydrogen-bond donors (Lipinski definition) is 2. The van der Waals surface area contributed by atoms with Gasteiger partial charge >= 0.3 is 0 Å². The third-order valence-corrected chi connectivity index (χ3v) is 8.40. The highest BCUT2D eigenvalue weighted by Crippen LogP contribution is 2.41. The predicted octanol–water partition coefficient (Wildman–Crippen LogP) is 3.17. The number of nitrogens with zero attached hydrogens (tertiary/aromatic N) is 7. The normalized spacial score (nSPS) is 21.7. The maximum Gasteiger partial charge on any atom is 0.249 e. The third-order valence-electron chi connectivity index (χ3n) is 8.12. The van der Waals surface area contributed by atoms with Crippen molar-refractivity contribution in [3.05, 3.63) is 35.6 Å². The molecule has 0 saturated carbocycles. The number of piperazine rings is 1. The van der Waals surface area contributed by atoms with Gasteiger partial charge in [-0.1, -0.05) is 24.6 Å². The molecule has 1 unspecified atom stereocenters. The van der Waals surface area contributed by atoms with Crippen molar-refractivity contribution in [1.82, 2.24) is 19.8 Å². The second-order valence-corrected chi connectivity index (χ2v) is 11.2.